The molecule has 2 aromatic rings. The number of rotatable bonds is 1. The van der Waals surface area contributed by atoms with E-state index in [-0.39, 0.29) is 17.4 Å². The van der Waals surface area contributed by atoms with Crippen molar-refractivity contribution in [1.82, 2.24) is 15.2 Å². The smallest absolute Gasteiger partial charge is 0.272 e. The number of aromatic nitrogens is 1. The van der Waals surface area contributed by atoms with Gasteiger partial charge in [0.2, 0.25) is 5.91 Å². The number of fused-ring (bicyclic) bond motifs is 1. The van der Waals surface area contributed by atoms with Gasteiger partial charge in [-0.15, -0.1) is 0 Å². The highest BCUT2D eigenvalue weighted by atomic mass is 16.2. The Morgan fingerprint density at radius 1 is 1.14 bits per heavy atom. The number of aryl methyl sites for hydroxylation is 1. The molecule has 4 rings (SSSR count). The fourth-order valence-corrected chi connectivity index (χ4v) is 4.20. The van der Waals surface area contributed by atoms with Crippen LogP contribution in [0, 0.1) is 6.92 Å². The quantitative estimate of drug-likeness (QED) is 0.800. The third kappa shape index (κ3) is 3.72. The molecule has 0 saturated carbocycles. The molecular formula is C22H26N4O2. The molecule has 0 unspecified atom stereocenters. The molecule has 146 valence electrons. The molecule has 2 aliphatic heterocycles. The lowest BCUT2D eigenvalue weighted by molar-refractivity contribution is -0.122. The molecular weight excluding hydrogens is 352 g/mol. The van der Waals surface area contributed by atoms with Gasteiger partial charge in [0.25, 0.3) is 5.91 Å². The van der Waals surface area contributed by atoms with Crippen molar-refractivity contribution in [2.75, 3.05) is 25.0 Å². The molecule has 0 radical (unpaired) electrons. The number of pyridine rings is 1. The van der Waals surface area contributed by atoms with Gasteiger partial charge in [-0.05, 0) is 49.4 Å². The maximum Gasteiger partial charge on any atom is 0.272 e. The van der Waals surface area contributed by atoms with Crippen LogP contribution in [0.2, 0.25) is 0 Å². The van der Waals surface area contributed by atoms with Crippen LogP contribution in [0.1, 0.15) is 40.9 Å². The van der Waals surface area contributed by atoms with Gasteiger partial charge in [0.15, 0.2) is 0 Å². The van der Waals surface area contributed by atoms with Crippen molar-refractivity contribution in [3.63, 3.8) is 0 Å². The van der Waals surface area contributed by atoms with Crippen LogP contribution in [0.4, 0.5) is 5.69 Å². The lowest BCUT2D eigenvalue weighted by atomic mass is 9.83. The average molecular weight is 378 g/mol. The van der Waals surface area contributed by atoms with Crippen LogP contribution >= 0.6 is 0 Å². The van der Waals surface area contributed by atoms with Crippen LogP contribution in [0.3, 0.4) is 0 Å². The van der Waals surface area contributed by atoms with Gasteiger partial charge in [-0.1, -0.05) is 24.3 Å². The van der Waals surface area contributed by atoms with Crippen LogP contribution in [-0.2, 0) is 11.2 Å². The Morgan fingerprint density at radius 2 is 1.93 bits per heavy atom. The second-order valence-electron chi connectivity index (χ2n) is 7.80. The lowest BCUT2D eigenvalue weighted by Gasteiger charge is -2.42. The van der Waals surface area contributed by atoms with Crippen molar-refractivity contribution in [2.24, 2.45) is 0 Å². The standard InChI is InChI=1S/C22H26N4O2/c1-16-5-4-11-24-20(16)21(28)26-13-9-22(10-14-26)15-19(27)23-12-8-17-6-2-3-7-18(17)25-22/h2-7,11,25H,8-10,12-15H2,1H3,(H,23,27). The van der Waals surface area contributed by atoms with E-state index in [2.05, 4.69) is 27.8 Å². The molecule has 2 aliphatic rings. The second-order valence-corrected chi connectivity index (χ2v) is 7.80. The highest BCUT2D eigenvalue weighted by Gasteiger charge is 2.39. The molecule has 2 N–H and O–H groups in total. The van der Waals surface area contributed by atoms with Gasteiger partial charge in [-0.2, -0.15) is 0 Å². The summed E-state index contributed by atoms with van der Waals surface area (Å²) in [5.41, 5.74) is 3.39. The Hall–Kier alpha value is -2.89. The maximum atomic E-state index is 12.9. The van der Waals surface area contributed by atoms with E-state index in [9.17, 15) is 9.59 Å². The first-order chi connectivity index (χ1) is 13.6. The van der Waals surface area contributed by atoms with Gasteiger partial charge in [0.05, 0.1) is 0 Å². The average Bonchev–Trinajstić information content (AvgIpc) is 2.75. The lowest BCUT2D eigenvalue weighted by Crippen LogP contribution is -2.52. The van der Waals surface area contributed by atoms with E-state index in [1.54, 1.807) is 6.20 Å². The number of carbonyl (C=O) groups is 2. The summed E-state index contributed by atoms with van der Waals surface area (Å²) < 4.78 is 0. The number of hydrogen-bond acceptors (Lipinski definition) is 4. The fraction of sp³-hybridized carbons (Fsp3) is 0.409. The zero-order valence-electron chi connectivity index (χ0n) is 16.2. The van der Waals surface area contributed by atoms with Crippen LogP contribution in [0.15, 0.2) is 42.6 Å². The molecule has 0 bridgehead atoms. The zero-order valence-corrected chi connectivity index (χ0v) is 16.2. The van der Waals surface area contributed by atoms with E-state index in [0.717, 1.165) is 30.5 Å². The third-order valence-electron chi connectivity index (χ3n) is 5.85. The summed E-state index contributed by atoms with van der Waals surface area (Å²) in [5.74, 6) is 0.0431. The van der Waals surface area contributed by atoms with Crippen molar-refractivity contribution in [3.05, 3.63) is 59.4 Å². The van der Waals surface area contributed by atoms with Crippen molar-refractivity contribution in [3.8, 4) is 0 Å². The number of anilines is 1. The molecule has 1 saturated heterocycles. The minimum absolute atomic E-state index is 0.0270. The first-order valence-electron chi connectivity index (χ1n) is 9.90. The van der Waals surface area contributed by atoms with Crippen molar-refractivity contribution < 1.29 is 9.59 Å². The Bertz CT molecular complexity index is 888. The molecule has 1 fully saturated rings. The minimum atomic E-state index is -0.333. The Labute approximate surface area is 165 Å². The molecule has 1 spiro atoms. The van der Waals surface area contributed by atoms with Gasteiger partial charge in [-0.25, -0.2) is 0 Å². The number of nitrogens with one attached hydrogen (secondary N) is 2. The number of amides is 2. The van der Waals surface area contributed by atoms with Crippen LogP contribution in [0.5, 0.6) is 0 Å². The summed E-state index contributed by atoms with van der Waals surface area (Å²) in [6, 6.07) is 12.0. The molecule has 1 aromatic carbocycles. The molecule has 3 heterocycles. The highest BCUT2D eigenvalue weighted by Crippen LogP contribution is 2.33. The van der Waals surface area contributed by atoms with Gasteiger partial charge >= 0.3 is 0 Å². The Kier molecular flexibility index (Phi) is 5.03. The summed E-state index contributed by atoms with van der Waals surface area (Å²) in [4.78, 5) is 31.5. The van der Waals surface area contributed by atoms with Crippen LogP contribution in [-0.4, -0.2) is 46.9 Å². The third-order valence-corrected chi connectivity index (χ3v) is 5.85. The first-order valence-corrected chi connectivity index (χ1v) is 9.90. The second kappa shape index (κ2) is 7.62. The van der Waals surface area contributed by atoms with E-state index < -0.39 is 0 Å². The summed E-state index contributed by atoms with van der Waals surface area (Å²) in [6.07, 6.45) is 4.35. The largest absolute Gasteiger partial charge is 0.379 e. The van der Waals surface area contributed by atoms with Gasteiger partial charge in [0, 0.05) is 43.5 Å². The summed E-state index contributed by atoms with van der Waals surface area (Å²) in [7, 11) is 0. The van der Waals surface area contributed by atoms with E-state index in [1.807, 2.05) is 36.1 Å². The number of likely N-dealkylation sites (tertiary alicyclic amines) is 1. The van der Waals surface area contributed by atoms with Gasteiger partial charge in [-0.3, -0.25) is 14.6 Å². The monoisotopic (exact) mass is 378 g/mol. The van der Waals surface area contributed by atoms with E-state index in [0.29, 0.717) is 31.7 Å². The predicted octanol–water partition coefficient (Wildman–Crippen LogP) is 2.54. The SMILES string of the molecule is Cc1cccnc1C(=O)N1CCC2(CC1)CC(=O)NCCc1ccccc1N2. The summed E-state index contributed by atoms with van der Waals surface area (Å²) >= 11 is 0. The molecule has 28 heavy (non-hydrogen) atoms. The van der Waals surface area contributed by atoms with Gasteiger partial charge in [0.1, 0.15) is 5.69 Å². The Morgan fingerprint density at radius 3 is 2.71 bits per heavy atom. The summed E-state index contributed by atoms with van der Waals surface area (Å²) in [6.45, 7) is 3.78. The highest BCUT2D eigenvalue weighted by molar-refractivity contribution is 5.93. The normalized spacial score (nSPS) is 18.9. The minimum Gasteiger partial charge on any atom is -0.379 e. The zero-order chi connectivity index (χ0) is 19.6. The Balaban J connectivity index is 1.53. The van der Waals surface area contributed by atoms with Crippen LogP contribution in [0.25, 0.3) is 0 Å². The fourth-order valence-electron chi connectivity index (χ4n) is 4.20. The molecule has 0 aliphatic carbocycles. The maximum absolute atomic E-state index is 12.9. The molecule has 6 heteroatoms. The molecule has 0 atom stereocenters. The number of hydrogen-bond donors (Lipinski definition) is 2. The number of benzene rings is 1. The van der Waals surface area contributed by atoms with Crippen molar-refractivity contribution in [1.29, 1.82) is 0 Å². The number of carbonyl (C=O) groups excluding carboxylic acids is 2. The summed E-state index contributed by atoms with van der Waals surface area (Å²) in [5, 5.41) is 6.72. The molecule has 1 aromatic heterocycles. The van der Waals surface area contributed by atoms with E-state index in [4.69, 9.17) is 0 Å². The van der Waals surface area contributed by atoms with Crippen LogP contribution < -0.4 is 10.6 Å². The molecule has 6 nitrogen and oxygen atoms in total. The van der Waals surface area contributed by atoms with E-state index in [1.165, 1.54) is 5.56 Å². The van der Waals surface area contributed by atoms with Crippen molar-refractivity contribution in [2.45, 2.75) is 38.1 Å². The number of para-hydroxylation sites is 1. The molecule has 2 amide bonds. The van der Waals surface area contributed by atoms with Gasteiger partial charge < -0.3 is 15.5 Å². The number of nitrogens with zero attached hydrogens (tertiary/aromatic N) is 2. The van der Waals surface area contributed by atoms with Crippen molar-refractivity contribution >= 4 is 17.5 Å². The predicted molar refractivity (Wildman–Crippen MR) is 108 cm³/mol. The first kappa shape index (κ1) is 18.5. The topological polar surface area (TPSA) is 74.3 Å². The van der Waals surface area contributed by atoms with E-state index >= 15 is 0 Å². The number of piperidine rings is 1.